The number of carbonyl (C=O) groups excluding carboxylic acids is 1. The van der Waals surface area contributed by atoms with E-state index in [1.54, 1.807) is 26.0 Å². The Morgan fingerprint density at radius 3 is 2.36 bits per heavy atom. The summed E-state index contributed by atoms with van der Waals surface area (Å²) < 4.78 is 6.22. The average molecular weight is 428 g/mol. The van der Waals surface area contributed by atoms with E-state index in [1.165, 1.54) is 0 Å². The molecular formula is C19H24BrClN2O2. The van der Waals surface area contributed by atoms with Gasteiger partial charge in [-0.15, -0.1) is 12.4 Å². The van der Waals surface area contributed by atoms with Crippen molar-refractivity contribution in [2.24, 2.45) is 5.73 Å². The Labute approximate surface area is 163 Å². The molecule has 2 rings (SSSR count). The number of carbonyl (C=O) groups is 1. The van der Waals surface area contributed by atoms with Crippen LogP contribution in [0, 0.1) is 6.92 Å². The third kappa shape index (κ3) is 4.97. The molecule has 0 saturated carbocycles. The number of ether oxygens (including phenoxy) is 1. The monoisotopic (exact) mass is 426 g/mol. The van der Waals surface area contributed by atoms with Crippen LogP contribution in [0.3, 0.4) is 0 Å². The SMILES string of the molecule is COc1ccc(CN(C)C(=O)C(C)(N)c2ccc(Br)cc2)cc1C.Cl. The quantitative estimate of drug-likeness (QED) is 0.784. The zero-order valence-electron chi connectivity index (χ0n) is 14.9. The van der Waals surface area contributed by atoms with Crippen molar-refractivity contribution in [3.05, 3.63) is 63.6 Å². The van der Waals surface area contributed by atoms with Crippen molar-refractivity contribution < 1.29 is 9.53 Å². The van der Waals surface area contributed by atoms with Gasteiger partial charge in [0.25, 0.3) is 0 Å². The lowest BCUT2D eigenvalue weighted by Gasteiger charge is -2.30. The van der Waals surface area contributed by atoms with Gasteiger partial charge in [-0.1, -0.05) is 40.2 Å². The van der Waals surface area contributed by atoms with E-state index in [1.807, 2.05) is 49.4 Å². The molecule has 0 radical (unpaired) electrons. The van der Waals surface area contributed by atoms with Crippen molar-refractivity contribution in [3.8, 4) is 5.75 Å². The topological polar surface area (TPSA) is 55.6 Å². The number of methoxy groups -OCH3 is 1. The molecule has 0 bridgehead atoms. The van der Waals surface area contributed by atoms with Gasteiger partial charge in [-0.05, 0) is 48.7 Å². The maximum atomic E-state index is 12.8. The van der Waals surface area contributed by atoms with Gasteiger partial charge in [0.1, 0.15) is 11.3 Å². The molecule has 0 aliphatic carbocycles. The minimum atomic E-state index is -1.07. The van der Waals surface area contributed by atoms with Gasteiger partial charge in [0.2, 0.25) is 5.91 Å². The number of likely N-dealkylation sites (N-methyl/N-ethyl adjacent to an activating group) is 1. The summed E-state index contributed by atoms with van der Waals surface area (Å²) in [5.41, 5.74) is 8.13. The second-order valence-electron chi connectivity index (χ2n) is 6.17. The van der Waals surface area contributed by atoms with Crippen LogP contribution in [0.15, 0.2) is 46.9 Å². The summed E-state index contributed by atoms with van der Waals surface area (Å²) in [4.78, 5) is 14.5. The van der Waals surface area contributed by atoms with E-state index in [2.05, 4.69) is 15.9 Å². The number of hydrogen-bond donors (Lipinski definition) is 1. The van der Waals surface area contributed by atoms with E-state index < -0.39 is 5.54 Å². The Morgan fingerprint density at radius 2 is 1.84 bits per heavy atom. The lowest BCUT2D eigenvalue weighted by Crippen LogP contribution is -2.49. The Morgan fingerprint density at radius 1 is 1.24 bits per heavy atom. The van der Waals surface area contributed by atoms with Crippen LogP contribution in [0.2, 0.25) is 0 Å². The highest BCUT2D eigenvalue weighted by molar-refractivity contribution is 9.10. The van der Waals surface area contributed by atoms with E-state index in [-0.39, 0.29) is 18.3 Å². The van der Waals surface area contributed by atoms with Crippen LogP contribution in [-0.4, -0.2) is 25.0 Å². The van der Waals surface area contributed by atoms with Crippen molar-refractivity contribution in [2.45, 2.75) is 25.9 Å². The number of nitrogens with zero attached hydrogens (tertiary/aromatic N) is 1. The van der Waals surface area contributed by atoms with Crippen LogP contribution in [0.5, 0.6) is 5.75 Å². The van der Waals surface area contributed by atoms with Crippen LogP contribution >= 0.6 is 28.3 Å². The Balaban J connectivity index is 0.00000312. The van der Waals surface area contributed by atoms with Crippen LogP contribution in [0.1, 0.15) is 23.6 Å². The highest BCUT2D eigenvalue weighted by atomic mass is 79.9. The lowest BCUT2D eigenvalue weighted by atomic mass is 9.91. The molecule has 0 aliphatic rings. The summed E-state index contributed by atoms with van der Waals surface area (Å²) in [6.45, 7) is 4.22. The van der Waals surface area contributed by atoms with Gasteiger partial charge in [0.15, 0.2) is 0 Å². The van der Waals surface area contributed by atoms with Gasteiger partial charge in [0, 0.05) is 18.1 Å². The van der Waals surface area contributed by atoms with Crippen molar-refractivity contribution in [3.63, 3.8) is 0 Å². The van der Waals surface area contributed by atoms with E-state index in [9.17, 15) is 4.79 Å². The van der Waals surface area contributed by atoms with Gasteiger partial charge >= 0.3 is 0 Å². The first-order valence-corrected chi connectivity index (χ1v) is 8.49. The number of nitrogens with two attached hydrogens (primary N) is 1. The normalized spacial score (nSPS) is 12.7. The predicted octanol–water partition coefficient (Wildman–Crippen LogP) is 4.02. The number of aryl methyl sites for hydroxylation is 1. The molecule has 4 nitrogen and oxygen atoms in total. The second-order valence-corrected chi connectivity index (χ2v) is 7.09. The first-order valence-electron chi connectivity index (χ1n) is 7.69. The molecule has 0 heterocycles. The fraction of sp³-hybridized carbons (Fsp3) is 0.316. The molecule has 2 aromatic rings. The molecule has 136 valence electrons. The van der Waals surface area contributed by atoms with E-state index >= 15 is 0 Å². The van der Waals surface area contributed by atoms with Gasteiger partial charge in [-0.2, -0.15) is 0 Å². The Hall–Kier alpha value is -1.56. The Bertz CT molecular complexity index is 733. The fourth-order valence-corrected chi connectivity index (χ4v) is 2.96. The average Bonchev–Trinajstić information content (AvgIpc) is 2.54. The highest BCUT2D eigenvalue weighted by Crippen LogP contribution is 2.24. The maximum absolute atomic E-state index is 12.8. The molecule has 2 N–H and O–H groups in total. The summed E-state index contributed by atoms with van der Waals surface area (Å²) in [5, 5.41) is 0. The van der Waals surface area contributed by atoms with Crippen molar-refractivity contribution in [2.75, 3.05) is 14.2 Å². The second kappa shape index (κ2) is 8.70. The first-order chi connectivity index (χ1) is 11.3. The summed E-state index contributed by atoms with van der Waals surface area (Å²) in [5.74, 6) is 0.713. The molecule has 2 aromatic carbocycles. The number of hydrogen-bond acceptors (Lipinski definition) is 3. The standard InChI is InChI=1S/C19H23BrN2O2.ClH/c1-13-11-14(5-10-17(13)24-4)12-22(3)18(23)19(2,21)15-6-8-16(20)9-7-15;/h5-11H,12,21H2,1-4H3;1H. The van der Waals surface area contributed by atoms with E-state index in [0.29, 0.717) is 6.54 Å². The van der Waals surface area contributed by atoms with Gasteiger partial charge < -0.3 is 15.4 Å². The minimum Gasteiger partial charge on any atom is -0.496 e. The molecule has 0 aromatic heterocycles. The molecule has 1 unspecified atom stereocenters. The fourth-order valence-electron chi connectivity index (χ4n) is 2.70. The third-order valence-electron chi connectivity index (χ3n) is 4.11. The molecule has 0 aliphatic heterocycles. The molecule has 1 atom stereocenters. The number of benzene rings is 2. The predicted molar refractivity (Wildman–Crippen MR) is 107 cm³/mol. The molecule has 0 fully saturated rings. The number of rotatable bonds is 5. The molecule has 6 heteroatoms. The summed E-state index contributed by atoms with van der Waals surface area (Å²) in [7, 11) is 3.42. The Kier molecular flexibility index (Phi) is 7.47. The minimum absolute atomic E-state index is 0. The van der Waals surface area contributed by atoms with Crippen molar-refractivity contribution in [1.82, 2.24) is 4.90 Å². The van der Waals surface area contributed by atoms with E-state index in [4.69, 9.17) is 10.5 Å². The van der Waals surface area contributed by atoms with Crippen LogP contribution in [0.4, 0.5) is 0 Å². The number of amides is 1. The summed E-state index contributed by atoms with van der Waals surface area (Å²) in [6.07, 6.45) is 0. The molecule has 0 spiro atoms. The lowest BCUT2D eigenvalue weighted by molar-refractivity contribution is -0.136. The smallest absolute Gasteiger partial charge is 0.247 e. The molecule has 1 amide bonds. The highest BCUT2D eigenvalue weighted by Gasteiger charge is 2.33. The summed E-state index contributed by atoms with van der Waals surface area (Å²) in [6, 6.07) is 13.4. The zero-order chi connectivity index (χ0) is 17.9. The van der Waals surface area contributed by atoms with Gasteiger partial charge in [-0.3, -0.25) is 4.79 Å². The van der Waals surface area contributed by atoms with Crippen molar-refractivity contribution in [1.29, 1.82) is 0 Å². The molecule has 25 heavy (non-hydrogen) atoms. The van der Waals surface area contributed by atoms with Crippen LogP contribution < -0.4 is 10.5 Å². The van der Waals surface area contributed by atoms with Gasteiger partial charge in [-0.25, -0.2) is 0 Å². The maximum Gasteiger partial charge on any atom is 0.247 e. The largest absolute Gasteiger partial charge is 0.496 e. The molecule has 0 saturated heterocycles. The van der Waals surface area contributed by atoms with Gasteiger partial charge in [0.05, 0.1) is 7.11 Å². The van der Waals surface area contributed by atoms with Crippen LogP contribution in [-0.2, 0) is 16.9 Å². The number of halogens is 2. The zero-order valence-corrected chi connectivity index (χ0v) is 17.3. The van der Waals surface area contributed by atoms with E-state index in [0.717, 1.165) is 26.9 Å². The third-order valence-corrected chi connectivity index (χ3v) is 4.64. The van der Waals surface area contributed by atoms with Crippen molar-refractivity contribution >= 4 is 34.2 Å². The van der Waals surface area contributed by atoms with Crippen LogP contribution in [0.25, 0.3) is 0 Å². The summed E-state index contributed by atoms with van der Waals surface area (Å²) >= 11 is 3.39. The first kappa shape index (κ1) is 21.5. The molecular weight excluding hydrogens is 404 g/mol.